The second-order valence-corrected chi connectivity index (χ2v) is 8.07. The zero-order valence-corrected chi connectivity index (χ0v) is 15.8. The van der Waals surface area contributed by atoms with Gasteiger partial charge in [0.1, 0.15) is 0 Å². The van der Waals surface area contributed by atoms with Crippen LogP contribution in [0.25, 0.3) is 0 Å². The highest BCUT2D eigenvalue weighted by Crippen LogP contribution is 2.21. The molecule has 1 aliphatic heterocycles. The molecule has 0 aromatic heterocycles. The Labute approximate surface area is 161 Å². The summed E-state index contributed by atoms with van der Waals surface area (Å²) in [6, 6.07) is 11.3. The second kappa shape index (κ2) is 7.67. The minimum Gasteiger partial charge on any atom is -0.452 e. The molecule has 27 heavy (non-hydrogen) atoms. The zero-order chi connectivity index (χ0) is 19.6. The summed E-state index contributed by atoms with van der Waals surface area (Å²) < 4.78 is 27.9. The second-order valence-electron chi connectivity index (χ2n) is 6.10. The lowest BCUT2D eigenvalue weighted by Gasteiger charge is -2.28. The zero-order valence-electron chi connectivity index (χ0n) is 14.2. The van der Waals surface area contributed by atoms with E-state index in [2.05, 4.69) is 0 Å². The van der Waals surface area contributed by atoms with E-state index in [4.69, 9.17) is 21.5 Å². The van der Waals surface area contributed by atoms with Crippen LogP contribution in [0.15, 0.2) is 47.4 Å². The normalized spacial score (nSPS) is 13.8. The van der Waals surface area contributed by atoms with Crippen molar-refractivity contribution >= 4 is 33.5 Å². The van der Waals surface area contributed by atoms with Crippen molar-refractivity contribution in [2.45, 2.75) is 17.9 Å². The minimum absolute atomic E-state index is 0.00625. The van der Waals surface area contributed by atoms with Gasteiger partial charge in [-0.05, 0) is 35.7 Å². The molecule has 0 spiro atoms. The Balaban J connectivity index is 1.65. The summed E-state index contributed by atoms with van der Waals surface area (Å²) in [5, 5.41) is 5.06. The lowest BCUT2D eigenvalue weighted by atomic mass is 10.00. The molecule has 0 unspecified atom stereocenters. The Bertz CT molecular complexity index is 1010. The number of hydrogen-bond donors (Lipinski definition) is 1. The van der Waals surface area contributed by atoms with E-state index >= 15 is 0 Å². The number of benzene rings is 2. The fourth-order valence-electron chi connectivity index (χ4n) is 2.84. The van der Waals surface area contributed by atoms with Gasteiger partial charge in [-0.1, -0.05) is 35.9 Å². The topological polar surface area (TPSA) is 107 Å². The molecule has 1 amide bonds. The molecule has 0 saturated heterocycles. The molecule has 0 bridgehead atoms. The Morgan fingerprint density at radius 2 is 1.85 bits per heavy atom. The van der Waals surface area contributed by atoms with Crippen molar-refractivity contribution in [3.05, 3.63) is 64.2 Å². The lowest BCUT2D eigenvalue weighted by Crippen LogP contribution is -2.38. The Hall–Kier alpha value is -2.42. The lowest BCUT2D eigenvalue weighted by molar-refractivity contribution is -0.135. The van der Waals surface area contributed by atoms with Gasteiger partial charge >= 0.3 is 5.97 Å². The van der Waals surface area contributed by atoms with Crippen molar-refractivity contribution in [3.63, 3.8) is 0 Å². The summed E-state index contributed by atoms with van der Waals surface area (Å²) in [5.41, 5.74) is 2.09. The summed E-state index contributed by atoms with van der Waals surface area (Å²) in [4.78, 5) is 25.9. The maximum Gasteiger partial charge on any atom is 0.340 e. The fraction of sp³-hybridized carbons (Fsp3) is 0.222. The van der Waals surface area contributed by atoms with Gasteiger partial charge in [-0.2, -0.15) is 0 Å². The number of nitrogens with zero attached hydrogens (tertiary/aromatic N) is 1. The maximum atomic E-state index is 12.4. The van der Waals surface area contributed by atoms with Crippen LogP contribution >= 0.6 is 11.6 Å². The largest absolute Gasteiger partial charge is 0.452 e. The molecule has 1 heterocycles. The van der Waals surface area contributed by atoms with Gasteiger partial charge in [0.25, 0.3) is 5.91 Å². The highest BCUT2D eigenvalue weighted by molar-refractivity contribution is 7.89. The Morgan fingerprint density at radius 3 is 2.56 bits per heavy atom. The molecule has 0 aliphatic carbocycles. The number of rotatable bonds is 4. The van der Waals surface area contributed by atoms with Crippen molar-refractivity contribution in [2.75, 3.05) is 13.2 Å². The monoisotopic (exact) mass is 408 g/mol. The van der Waals surface area contributed by atoms with Crippen molar-refractivity contribution < 1.29 is 22.7 Å². The Kier molecular flexibility index (Phi) is 5.50. The van der Waals surface area contributed by atoms with Crippen LogP contribution in [-0.4, -0.2) is 38.3 Å². The van der Waals surface area contributed by atoms with Gasteiger partial charge in [0.2, 0.25) is 10.0 Å². The number of amides is 1. The molecule has 9 heteroatoms. The third-order valence-electron chi connectivity index (χ3n) is 4.30. The molecule has 1 aliphatic rings. The van der Waals surface area contributed by atoms with E-state index in [-0.39, 0.29) is 21.4 Å². The average molecular weight is 409 g/mol. The van der Waals surface area contributed by atoms with Crippen LogP contribution in [0.3, 0.4) is 0 Å². The molecule has 0 radical (unpaired) electrons. The van der Waals surface area contributed by atoms with Gasteiger partial charge in [0.15, 0.2) is 6.61 Å². The predicted octanol–water partition coefficient (Wildman–Crippen LogP) is 1.73. The number of esters is 1. The molecule has 2 aromatic rings. The number of carbonyl (C=O) groups excluding carboxylic acids is 2. The van der Waals surface area contributed by atoms with E-state index in [1.807, 2.05) is 24.3 Å². The highest BCUT2D eigenvalue weighted by Gasteiger charge is 2.23. The SMILES string of the molecule is NS(=O)(=O)c1ccc(Cl)c(C(=O)OCC(=O)N2CCc3ccccc3C2)c1. The van der Waals surface area contributed by atoms with Crippen LogP contribution < -0.4 is 5.14 Å². The predicted molar refractivity (Wildman–Crippen MR) is 98.7 cm³/mol. The molecule has 2 N–H and O–H groups in total. The minimum atomic E-state index is -3.99. The van der Waals surface area contributed by atoms with Gasteiger partial charge in [-0.3, -0.25) is 4.79 Å². The van der Waals surface area contributed by atoms with Crippen LogP contribution in [0.2, 0.25) is 5.02 Å². The van der Waals surface area contributed by atoms with E-state index in [0.717, 1.165) is 18.1 Å². The van der Waals surface area contributed by atoms with Gasteiger partial charge in [-0.15, -0.1) is 0 Å². The first-order chi connectivity index (χ1) is 12.8. The van der Waals surface area contributed by atoms with E-state index < -0.39 is 22.6 Å². The molecule has 0 saturated carbocycles. The molecule has 0 fully saturated rings. The number of hydrogen-bond acceptors (Lipinski definition) is 5. The molecule has 7 nitrogen and oxygen atoms in total. The summed E-state index contributed by atoms with van der Waals surface area (Å²) in [6.45, 7) is 0.528. The standard InChI is InChI=1S/C18H17ClN2O5S/c19-16-6-5-14(27(20,24)25)9-15(16)18(23)26-11-17(22)21-8-7-12-3-1-2-4-13(12)10-21/h1-6,9H,7-8,10-11H2,(H2,20,24,25). The summed E-state index contributed by atoms with van der Waals surface area (Å²) in [7, 11) is -3.99. The van der Waals surface area contributed by atoms with Gasteiger partial charge in [0.05, 0.1) is 15.5 Å². The van der Waals surface area contributed by atoms with Crippen LogP contribution in [0.4, 0.5) is 0 Å². The molecule has 142 valence electrons. The van der Waals surface area contributed by atoms with E-state index in [1.165, 1.54) is 17.7 Å². The Morgan fingerprint density at radius 1 is 1.15 bits per heavy atom. The number of halogens is 1. The number of ether oxygens (including phenoxy) is 1. The number of carbonyl (C=O) groups is 2. The van der Waals surface area contributed by atoms with E-state index in [0.29, 0.717) is 13.1 Å². The van der Waals surface area contributed by atoms with E-state index in [1.54, 1.807) is 4.90 Å². The molecular weight excluding hydrogens is 392 g/mol. The number of fused-ring (bicyclic) bond motifs is 1. The molecular formula is C18H17ClN2O5S. The first-order valence-corrected chi connectivity index (χ1v) is 10.0. The average Bonchev–Trinajstić information content (AvgIpc) is 2.64. The first kappa shape index (κ1) is 19.3. The fourth-order valence-corrected chi connectivity index (χ4v) is 3.58. The van der Waals surface area contributed by atoms with E-state index in [9.17, 15) is 18.0 Å². The van der Waals surface area contributed by atoms with Gasteiger partial charge in [-0.25, -0.2) is 18.4 Å². The van der Waals surface area contributed by atoms with Gasteiger partial charge < -0.3 is 9.64 Å². The summed E-state index contributed by atoms with van der Waals surface area (Å²) in [5.74, 6) is -1.23. The highest BCUT2D eigenvalue weighted by atomic mass is 35.5. The maximum absolute atomic E-state index is 12.4. The van der Waals surface area contributed by atoms with Crippen LogP contribution in [0.1, 0.15) is 21.5 Å². The first-order valence-electron chi connectivity index (χ1n) is 8.10. The van der Waals surface area contributed by atoms with Crippen molar-refractivity contribution in [1.29, 1.82) is 0 Å². The number of nitrogens with two attached hydrogens (primary N) is 1. The van der Waals surface area contributed by atoms with Gasteiger partial charge in [0, 0.05) is 13.1 Å². The molecule has 2 aromatic carbocycles. The van der Waals surface area contributed by atoms with Crippen LogP contribution in [-0.2, 0) is 32.5 Å². The van der Waals surface area contributed by atoms with Crippen LogP contribution in [0.5, 0.6) is 0 Å². The smallest absolute Gasteiger partial charge is 0.340 e. The number of sulfonamides is 1. The third-order valence-corrected chi connectivity index (χ3v) is 5.54. The third kappa shape index (κ3) is 4.47. The van der Waals surface area contributed by atoms with Crippen LogP contribution in [0, 0.1) is 0 Å². The summed E-state index contributed by atoms with van der Waals surface area (Å²) >= 11 is 5.93. The molecule has 3 rings (SSSR count). The van der Waals surface area contributed by atoms with Crippen molar-refractivity contribution in [3.8, 4) is 0 Å². The number of primary sulfonamides is 1. The van der Waals surface area contributed by atoms with Crippen molar-refractivity contribution in [1.82, 2.24) is 4.90 Å². The molecule has 0 atom stereocenters. The van der Waals surface area contributed by atoms with Crippen molar-refractivity contribution in [2.24, 2.45) is 5.14 Å². The quantitative estimate of drug-likeness (QED) is 0.775. The summed E-state index contributed by atoms with van der Waals surface area (Å²) in [6.07, 6.45) is 0.734.